The molecule has 2 rings (SSSR count). The molecule has 0 bridgehead atoms. The molecule has 1 fully saturated rings. The van der Waals surface area contributed by atoms with E-state index >= 15 is 0 Å². The fourth-order valence-corrected chi connectivity index (χ4v) is 3.20. The average molecular weight is 329 g/mol. The van der Waals surface area contributed by atoms with Crippen LogP contribution in [0.1, 0.15) is 43.7 Å². The Hall–Kier alpha value is -1.56. The van der Waals surface area contributed by atoms with Crippen molar-refractivity contribution in [1.82, 2.24) is 5.32 Å². The Morgan fingerprint density at radius 3 is 2.52 bits per heavy atom. The van der Waals surface area contributed by atoms with Crippen molar-refractivity contribution in [1.29, 1.82) is 0 Å². The first-order chi connectivity index (χ1) is 10.8. The maximum absolute atomic E-state index is 12.7. The predicted octanol–water partition coefficient (Wildman–Crippen LogP) is 3.87. The van der Waals surface area contributed by atoms with E-state index in [1.165, 1.54) is 12.1 Å². The molecule has 1 aliphatic carbocycles. The van der Waals surface area contributed by atoms with E-state index in [1.54, 1.807) is 6.07 Å². The van der Waals surface area contributed by atoms with Crippen LogP contribution in [0, 0.1) is 5.92 Å². The molecule has 6 heteroatoms. The quantitative estimate of drug-likeness (QED) is 0.862. The number of rotatable bonds is 5. The number of carboxylic acids is 1. The van der Waals surface area contributed by atoms with E-state index in [2.05, 4.69) is 5.32 Å². The van der Waals surface area contributed by atoms with Crippen molar-refractivity contribution in [3.8, 4) is 0 Å². The van der Waals surface area contributed by atoms with Crippen LogP contribution in [0.15, 0.2) is 24.3 Å². The Balaban J connectivity index is 1.86. The average Bonchev–Trinajstić information content (AvgIpc) is 2.47. The molecule has 1 atom stereocenters. The molecular weight excluding hydrogens is 307 g/mol. The van der Waals surface area contributed by atoms with Crippen LogP contribution in [-0.4, -0.2) is 23.2 Å². The predicted molar refractivity (Wildman–Crippen MR) is 81.1 cm³/mol. The Labute approximate surface area is 133 Å². The van der Waals surface area contributed by atoms with Crippen LogP contribution in [-0.2, 0) is 17.4 Å². The smallest absolute Gasteiger partial charge is 0.416 e. The monoisotopic (exact) mass is 329 g/mol. The highest BCUT2D eigenvalue weighted by molar-refractivity contribution is 5.70. The van der Waals surface area contributed by atoms with Crippen molar-refractivity contribution in [3.63, 3.8) is 0 Å². The molecule has 0 saturated heterocycles. The second kappa shape index (κ2) is 7.34. The van der Waals surface area contributed by atoms with E-state index in [0.29, 0.717) is 24.8 Å². The van der Waals surface area contributed by atoms with E-state index in [-0.39, 0.29) is 18.0 Å². The maximum atomic E-state index is 12.7. The summed E-state index contributed by atoms with van der Waals surface area (Å²) in [6.07, 6.45) is -0.898. The minimum atomic E-state index is -4.32. The zero-order chi connectivity index (χ0) is 17.0. The Kier molecular flexibility index (Phi) is 5.68. The summed E-state index contributed by atoms with van der Waals surface area (Å²) in [6.45, 7) is 1.95. The summed E-state index contributed by atoms with van der Waals surface area (Å²) >= 11 is 0. The second-order valence-corrected chi connectivity index (χ2v) is 6.36. The number of hydrogen-bond donors (Lipinski definition) is 2. The van der Waals surface area contributed by atoms with Gasteiger partial charge in [-0.15, -0.1) is 0 Å². The van der Waals surface area contributed by atoms with Crippen LogP contribution < -0.4 is 5.32 Å². The van der Waals surface area contributed by atoms with Crippen LogP contribution in [0.3, 0.4) is 0 Å². The first-order valence-electron chi connectivity index (χ1n) is 7.90. The molecule has 0 spiro atoms. The van der Waals surface area contributed by atoms with Crippen molar-refractivity contribution in [3.05, 3.63) is 35.4 Å². The standard InChI is InChI=1S/C17H22F3NO2/c1-11(21-15-7-5-13(6-8-15)16(22)23)9-12-3-2-4-14(10-12)17(18,19)20/h2-4,10-11,13,15,21H,5-9H2,1H3,(H,22,23). The Bertz CT molecular complexity index is 537. The number of nitrogens with one attached hydrogen (secondary N) is 1. The van der Waals surface area contributed by atoms with Crippen LogP contribution in [0.4, 0.5) is 13.2 Å². The molecule has 2 N–H and O–H groups in total. The summed E-state index contributed by atoms with van der Waals surface area (Å²) < 4.78 is 38.1. The summed E-state index contributed by atoms with van der Waals surface area (Å²) in [5.74, 6) is -0.993. The Morgan fingerprint density at radius 1 is 1.30 bits per heavy atom. The number of halogens is 3. The van der Waals surface area contributed by atoms with Gasteiger partial charge in [0.1, 0.15) is 0 Å². The van der Waals surface area contributed by atoms with Gasteiger partial charge in [0, 0.05) is 12.1 Å². The molecule has 1 aliphatic rings. The zero-order valence-corrected chi connectivity index (χ0v) is 13.1. The van der Waals surface area contributed by atoms with Gasteiger partial charge in [-0.25, -0.2) is 0 Å². The van der Waals surface area contributed by atoms with E-state index in [0.717, 1.165) is 18.9 Å². The van der Waals surface area contributed by atoms with Gasteiger partial charge in [0.15, 0.2) is 0 Å². The van der Waals surface area contributed by atoms with Crippen molar-refractivity contribution < 1.29 is 23.1 Å². The molecule has 1 unspecified atom stereocenters. The van der Waals surface area contributed by atoms with E-state index < -0.39 is 17.7 Å². The molecule has 0 heterocycles. The molecule has 0 aliphatic heterocycles. The second-order valence-electron chi connectivity index (χ2n) is 6.36. The van der Waals surface area contributed by atoms with Crippen LogP contribution in [0.2, 0.25) is 0 Å². The summed E-state index contributed by atoms with van der Waals surface area (Å²) in [7, 11) is 0. The van der Waals surface area contributed by atoms with Crippen LogP contribution in [0.25, 0.3) is 0 Å². The lowest BCUT2D eigenvalue weighted by Gasteiger charge is -2.29. The number of alkyl halides is 3. The van der Waals surface area contributed by atoms with Gasteiger partial charge in [0.05, 0.1) is 11.5 Å². The molecule has 0 aromatic heterocycles. The van der Waals surface area contributed by atoms with E-state index in [1.807, 2.05) is 6.92 Å². The van der Waals surface area contributed by atoms with Crippen molar-refractivity contribution in [2.24, 2.45) is 5.92 Å². The summed E-state index contributed by atoms with van der Waals surface area (Å²) in [5.41, 5.74) is 0.0308. The lowest BCUT2D eigenvalue weighted by Crippen LogP contribution is -2.40. The molecule has 0 radical (unpaired) electrons. The number of hydrogen-bond acceptors (Lipinski definition) is 2. The lowest BCUT2D eigenvalue weighted by atomic mass is 9.85. The van der Waals surface area contributed by atoms with Crippen molar-refractivity contribution >= 4 is 5.97 Å². The molecule has 128 valence electrons. The number of aliphatic carboxylic acids is 1. The van der Waals surface area contributed by atoms with Gasteiger partial charge in [-0.05, 0) is 50.7 Å². The van der Waals surface area contributed by atoms with Gasteiger partial charge >= 0.3 is 12.1 Å². The lowest BCUT2D eigenvalue weighted by molar-refractivity contribution is -0.143. The third-order valence-electron chi connectivity index (χ3n) is 4.39. The SMILES string of the molecule is CC(Cc1cccc(C(F)(F)F)c1)NC1CCC(C(=O)O)CC1. The fraction of sp³-hybridized carbons (Fsp3) is 0.588. The fourth-order valence-electron chi connectivity index (χ4n) is 3.20. The normalized spacial score (nSPS) is 23.5. The molecule has 0 amide bonds. The van der Waals surface area contributed by atoms with Crippen molar-refractivity contribution in [2.45, 2.75) is 57.3 Å². The molecule has 1 saturated carbocycles. The highest BCUT2D eigenvalue weighted by Crippen LogP contribution is 2.30. The Morgan fingerprint density at radius 2 is 1.96 bits per heavy atom. The van der Waals surface area contributed by atoms with Gasteiger partial charge in [0.2, 0.25) is 0 Å². The molecule has 1 aromatic rings. The first-order valence-corrected chi connectivity index (χ1v) is 7.90. The topological polar surface area (TPSA) is 49.3 Å². The summed E-state index contributed by atoms with van der Waals surface area (Å²) in [6, 6.07) is 5.70. The van der Waals surface area contributed by atoms with Gasteiger partial charge in [-0.3, -0.25) is 4.79 Å². The zero-order valence-electron chi connectivity index (χ0n) is 13.1. The number of carboxylic acid groups (broad SMARTS) is 1. The van der Waals surface area contributed by atoms with Crippen LogP contribution in [0.5, 0.6) is 0 Å². The van der Waals surface area contributed by atoms with E-state index in [9.17, 15) is 18.0 Å². The minimum Gasteiger partial charge on any atom is -0.481 e. The molecule has 1 aromatic carbocycles. The molecule has 23 heavy (non-hydrogen) atoms. The third-order valence-corrected chi connectivity index (χ3v) is 4.39. The van der Waals surface area contributed by atoms with Crippen molar-refractivity contribution in [2.75, 3.05) is 0 Å². The van der Waals surface area contributed by atoms with Gasteiger partial charge < -0.3 is 10.4 Å². The van der Waals surface area contributed by atoms with Crippen LogP contribution >= 0.6 is 0 Å². The van der Waals surface area contributed by atoms with Gasteiger partial charge in [-0.1, -0.05) is 18.2 Å². The van der Waals surface area contributed by atoms with E-state index in [4.69, 9.17) is 5.11 Å². The molecule has 3 nitrogen and oxygen atoms in total. The largest absolute Gasteiger partial charge is 0.481 e. The summed E-state index contributed by atoms with van der Waals surface area (Å²) in [5, 5.41) is 12.4. The first kappa shape index (κ1) is 17.8. The molecular formula is C17H22F3NO2. The number of carbonyl (C=O) groups is 1. The number of benzene rings is 1. The van der Waals surface area contributed by atoms with Gasteiger partial charge in [-0.2, -0.15) is 13.2 Å². The highest BCUT2D eigenvalue weighted by atomic mass is 19.4. The third kappa shape index (κ3) is 5.23. The highest BCUT2D eigenvalue weighted by Gasteiger charge is 2.30. The summed E-state index contributed by atoms with van der Waals surface area (Å²) in [4.78, 5) is 10.9. The minimum absolute atomic E-state index is 0.0462. The van der Waals surface area contributed by atoms with Gasteiger partial charge in [0.25, 0.3) is 0 Å². The maximum Gasteiger partial charge on any atom is 0.416 e.